The van der Waals surface area contributed by atoms with Gasteiger partial charge in [0.05, 0.1) is 17.6 Å². The van der Waals surface area contributed by atoms with Gasteiger partial charge in [0.2, 0.25) is 17.7 Å². The van der Waals surface area contributed by atoms with Gasteiger partial charge >= 0.3 is 0 Å². The van der Waals surface area contributed by atoms with Gasteiger partial charge in [0.15, 0.2) is 0 Å². The number of nitrogens with one attached hydrogen (secondary N) is 1. The normalized spacial score (nSPS) is 15.7. The average Bonchev–Trinajstić information content (AvgIpc) is 3.36. The van der Waals surface area contributed by atoms with Gasteiger partial charge < -0.3 is 9.15 Å². The molecule has 5 rings (SSSR count). The van der Waals surface area contributed by atoms with Crippen molar-refractivity contribution in [3.63, 3.8) is 0 Å². The second-order valence-corrected chi connectivity index (χ2v) is 8.88. The van der Waals surface area contributed by atoms with Crippen LogP contribution in [-0.4, -0.2) is 33.0 Å². The molecule has 1 aliphatic heterocycles. The Kier molecular flexibility index (Phi) is 5.83. The molecule has 1 saturated heterocycles. The highest BCUT2D eigenvalue weighted by atomic mass is 32.2. The lowest BCUT2D eigenvalue weighted by molar-refractivity contribution is -0.118. The van der Waals surface area contributed by atoms with Crippen LogP contribution in [-0.2, 0) is 17.6 Å². The van der Waals surface area contributed by atoms with E-state index in [1.54, 1.807) is 6.20 Å². The Labute approximate surface area is 194 Å². The molecule has 1 atom stereocenters. The summed E-state index contributed by atoms with van der Waals surface area (Å²) in [5.41, 5.74) is 2.69. The monoisotopic (exact) mass is 459 g/mol. The molecule has 1 N–H and O–H groups in total. The van der Waals surface area contributed by atoms with Crippen molar-refractivity contribution < 1.29 is 18.7 Å². The maximum Gasteiger partial charge on any atom is 0.286 e. The highest BCUT2D eigenvalue weighted by molar-refractivity contribution is 8.15. The Bertz CT molecular complexity index is 1340. The van der Waals surface area contributed by atoms with Crippen LogP contribution in [0.1, 0.15) is 17.0 Å². The summed E-state index contributed by atoms with van der Waals surface area (Å²) in [6, 6.07) is 17.6. The number of amides is 2. The van der Waals surface area contributed by atoms with Crippen LogP contribution < -0.4 is 10.1 Å². The van der Waals surface area contributed by atoms with Gasteiger partial charge in [0, 0.05) is 23.6 Å². The topological polar surface area (TPSA) is 94.3 Å². The molecule has 0 saturated carbocycles. The Morgan fingerprint density at radius 2 is 1.82 bits per heavy atom. The summed E-state index contributed by atoms with van der Waals surface area (Å²) in [7, 11) is 0. The van der Waals surface area contributed by atoms with Crippen LogP contribution >= 0.6 is 11.8 Å². The van der Waals surface area contributed by atoms with Gasteiger partial charge in [-0.3, -0.25) is 14.9 Å². The third kappa shape index (κ3) is 4.47. The molecule has 0 bridgehead atoms. The number of aryl methyl sites for hydroxylation is 1. The molecule has 8 heteroatoms. The van der Waals surface area contributed by atoms with Gasteiger partial charge in [0.1, 0.15) is 5.76 Å². The number of imide groups is 1. The molecule has 33 heavy (non-hydrogen) atoms. The zero-order valence-corrected chi connectivity index (χ0v) is 18.7. The molecule has 1 aliphatic rings. The number of rotatable bonds is 7. The van der Waals surface area contributed by atoms with Gasteiger partial charge in [-0.05, 0) is 42.5 Å². The molecule has 1 fully saturated rings. The maximum atomic E-state index is 12.0. The number of carbonyl (C=O) groups is 2. The van der Waals surface area contributed by atoms with Crippen LogP contribution in [0.3, 0.4) is 0 Å². The Hall–Kier alpha value is -3.65. The van der Waals surface area contributed by atoms with Crippen molar-refractivity contribution in [3.8, 4) is 17.3 Å². The van der Waals surface area contributed by atoms with Crippen molar-refractivity contribution in [2.75, 3.05) is 6.61 Å². The molecule has 4 aromatic rings. The summed E-state index contributed by atoms with van der Waals surface area (Å²) < 4.78 is 11.9. The molecular formula is C25H21N3O4S. The fraction of sp³-hybridized carbons (Fsp3) is 0.200. The molecule has 7 nitrogen and oxygen atoms in total. The van der Waals surface area contributed by atoms with Crippen molar-refractivity contribution in [2.45, 2.75) is 25.0 Å². The molecular weight excluding hydrogens is 438 g/mol. The van der Waals surface area contributed by atoms with E-state index in [1.807, 2.05) is 61.5 Å². The number of aromatic nitrogens is 2. The second-order valence-electron chi connectivity index (χ2n) is 7.71. The molecule has 1 unspecified atom stereocenters. The van der Waals surface area contributed by atoms with Gasteiger partial charge in [-0.25, -0.2) is 9.97 Å². The van der Waals surface area contributed by atoms with E-state index in [1.165, 1.54) is 0 Å². The lowest BCUT2D eigenvalue weighted by Crippen LogP contribution is -2.25. The van der Waals surface area contributed by atoms with Crippen LogP contribution in [0.4, 0.5) is 4.79 Å². The van der Waals surface area contributed by atoms with E-state index in [4.69, 9.17) is 9.15 Å². The summed E-state index contributed by atoms with van der Waals surface area (Å²) >= 11 is 1.02. The van der Waals surface area contributed by atoms with E-state index >= 15 is 0 Å². The first-order valence-corrected chi connectivity index (χ1v) is 11.5. The van der Waals surface area contributed by atoms with Gasteiger partial charge in [0.25, 0.3) is 5.24 Å². The Balaban J connectivity index is 1.31. The number of benzene rings is 2. The van der Waals surface area contributed by atoms with Crippen molar-refractivity contribution in [3.05, 3.63) is 77.8 Å². The van der Waals surface area contributed by atoms with E-state index in [9.17, 15) is 9.59 Å². The van der Waals surface area contributed by atoms with Crippen LogP contribution in [0, 0.1) is 6.92 Å². The van der Waals surface area contributed by atoms with E-state index < -0.39 is 5.25 Å². The summed E-state index contributed by atoms with van der Waals surface area (Å²) in [5, 5.41) is 3.41. The number of oxazole rings is 1. The van der Waals surface area contributed by atoms with Crippen molar-refractivity contribution in [1.82, 2.24) is 15.3 Å². The molecule has 166 valence electrons. The molecule has 0 spiro atoms. The quantitative estimate of drug-likeness (QED) is 0.428. The number of carbonyl (C=O) groups excluding carboxylic acids is 2. The Morgan fingerprint density at radius 3 is 2.58 bits per heavy atom. The summed E-state index contributed by atoms with van der Waals surface area (Å²) in [6.07, 6.45) is 2.74. The van der Waals surface area contributed by atoms with Crippen LogP contribution in [0.5, 0.6) is 5.88 Å². The van der Waals surface area contributed by atoms with Crippen LogP contribution in [0.15, 0.2) is 65.2 Å². The first-order valence-electron chi connectivity index (χ1n) is 10.6. The highest BCUT2D eigenvalue weighted by Crippen LogP contribution is 2.30. The predicted octanol–water partition coefficient (Wildman–Crippen LogP) is 4.71. The van der Waals surface area contributed by atoms with Crippen LogP contribution in [0.25, 0.3) is 22.2 Å². The fourth-order valence-corrected chi connectivity index (χ4v) is 4.69. The molecule has 0 aliphatic carbocycles. The standard InChI is InChI=1S/C25H21N3O4S/c1-15-20(27-23(32-15)16-7-3-2-4-8-16)11-12-31-24-19-10-6-5-9-18(19)17(14-26-24)13-21-22(29)28-25(30)33-21/h2-10,14,21H,11-13H2,1H3,(H,28,29,30). The number of thioether (sulfide) groups is 1. The number of hydrogen-bond acceptors (Lipinski definition) is 7. The van der Waals surface area contributed by atoms with Gasteiger partial charge in [-0.1, -0.05) is 48.2 Å². The molecule has 2 aromatic carbocycles. The maximum absolute atomic E-state index is 12.0. The Morgan fingerprint density at radius 1 is 1.06 bits per heavy atom. The van der Waals surface area contributed by atoms with Crippen molar-refractivity contribution >= 4 is 33.7 Å². The summed E-state index contributed by atoms with van der Waals surface area (Å²) in [6.45, 7) is 2.30. The minimum Gasteiger partial charge on any atom is -0.477 e. The van der Waals surface area contributed by atoms with Gasteiger partial charge in [-0.15, -0.1) is 0 Å². The highest BCUT2D eigenvalue weighted by Gasteiger charge is 2.32. The second kappa shape index (κ2) is 9.07. The number of hydrogen-bond donors (Lipinski definition) is 1. The number of pyridine rings is 1. The third-order valence-electron chi connectivity index (χ3n) is 5.50. The van der Waals surface area contributed by atoms with Crippen molar-refractivity contribution in [2.24, 2.45) is 0 Å². The number of fused-ring (bicyclic) bond motifs is 1. The van der Waals surface area contributed by atoms with Crippen LogP contribution in [0.2, 0.25) is 0 Å². The SMILES string of the molecule is Cc1oc(-c2ccccc2)nc1CCOc1ncc(CC2SC(=O)NC2=O)c2ccccc12. The van der Waals surface area contributed by atoms with E-state index in [0.29, 0.717) is 31.2 Å². The number of nitrogens with zero attached hydrogens (tertiary/aromatic N) is 2. The molecule has 2 amide bonds. The number of ether oxygens (including phenoxy) is 1. The summed E-state index contributed by atoms with van der Waals surface area (Å²) in [4.78, 5) is 32.6. The zero-order chi connectivity index (χ0) is 22.8. The molecule has 2 aromatic heterocycles. The fourth-order valence-electron chi connectivity index (χ4n) is 3.84. The summed E-state index contributed by atoms with van der Waals surface area (Å²) in [5.74, 6) is 1.64. The largest absolute Gasteiger partial charge is 0.477 e. The minimum atomic E-state index is -0.441. The average molecular weight is 460 g/mol. The van der Waals surface area contributed by atoms with E-state index in [2.05, 4.69) is 15.3 Å². The van der Waals surface area contributed by atoms with Gasteiger partial charge in [-0.2, -0.15) is 0 Å². The lowest BCUT2D eigenvalue weighted by Gasteiger charge is -2.12. The predicted molar refractivity (Wildman–Crippen MR) is 126 cm³/mol. The van der Waals surface area contributed by atoms with E-state index in [-0.39, 0.29) is 11.1 Å². The van der Waals surface area contributed by atoms with Crippen molar-refractivity contribution in [1.29, 1.82) is 0 Å². The smallest absolute Gasteiger partial charge is 0.286 e. The first-order chi connectivity index (χ1) is 16.1. The lowest BCUT2D eigenvalue weighted by atomic mass is 10.0. The molecule has 0 radical (unpaired) electrons. The third-order valence-corrected chi connectivity index (χ3v) is 6.49. The molecule has 3 heterocycles. The van der Waals surface area contributed by atoms with E-state index in [0.717, 1.165) is 45.1 Å². The minimum absolute atomic E-state index is 0.257. The first kappa shape index (κ1) is 21.2. The zero-order valence-electron chi connectivity index (χ0n) is 17.9.